The van der Waals surface area contributed by atoms with Crippen LogP contribution < -0.4 is 4.90 Å². The van der Waals surface area contributed by atoms with Gasteiger partial charge in [0, 0.05) is 39.5 Å². The minimum Gasteiger partial charge on any atom is -0.481 e. The van der Waals surface area contributed by atoms with E-state index in [1.54, 1.807) is 11.8 Å². The van der Waals surface area contributed by atoms with Crippen LogP contribution in [0.5, 0.6) is 0 Å². The van der Waals surface area contributed by atoms with Crippen molar-refractivity contribution in [1.82, 2.24) is 9.88 Å². The van der Waals surface area contributed by atoms with Crippen molar-refractivity contribution in [2.45, 2.75) is 82.7 Å². The maximum Gasteiger partial charge on any atom is 0.303 e. The average molecular weight is 494 g/mol. The number of hydrogen-bond donors (Lipinski definition) is 2. The molecule has 0 aromatic carbocycles. The average Bonchev–Trinajstić information content (AvgIpc) is 2.81. The third-order valence-electron chi connectivity index (χ3n) is 6.27. The van der Waals surface area contributed by atoms with E-state index < -0.39 is 11.9 Å². The standard InChI is InChI=1S/C23H35N3O3S.C2H4O2/c1-3-14-30-22-19(23(29)25(2)18-9-5-4-6-10-18)11-12-20(24-22)26-13-7-8-17(16-26)15-21(27)28;1-2(3)4/h11-12,17-18H,3-10,13-16H2,1-2H3,(H,27,28);1H3,(H,3,4)/t17-;/m1./s1. The van der Waals surface area contributed by atoms with E-state index in [1.807, 2.05) is 24.1 Å². The fourth-order valence-electron chi connectivity index (χ4n) is 4.59. The summed E-state index contributed by atoms with van der Waals surface area (Å²) in [4.78, 5) is 42.4. The molecule has 1 atom stereocenters. The summed E-state index contributed by atoms with van der Waals surface area (Å²) in [6.45, 7) is 4.82. The Morgan fingerprint density at radius 3 is 2.41 bits per heavy atom. The number of carboxylic acid groups (broad SMARTS) is 2. The van der Waals surface area contributed by atoms with Crippen LogP contribution in [0.15, 0.2) is 17.2 Å². The predicted molar refractivity (Wildman–Crippen MR) is 135 cm³/mol. The van der Waals surface area contributed by atoms with Crippen molar-refractivity contribution in [1.29, 1.82) is 0 Å². The maximum absolute atomic E-state index is 13.3. The van der Waals surface area contributed by atoms with E-state index in [2.05, 4.69) is 11.8 Å². The molecule has 0 bridgehead atoms. The van der Waals surface area contributed by atoms with Crippen molar-refractivity contribution in [3.05, 3.63) is 17.7 Å². The lowest BCUT2D eigenvalue weighted by Crippen LogP contribution is -2.39. The molecule has 34 heavy (non-hydrogen) atoms. The number of aromatic nitrogens is 1. The Kier molecular flexibility index (Phi) is 11.7. The smallest absolute Gasteiger partial charge is 0.303 e. The van der Waals surface area contributed by atoms with Crippen LogP contribution >= 0.6 is 11.8 Å². The number of aliphatic carboxylic acids is 2. The fraction of sp³-hybridized carbons (Fsp3) is 0.680. The number of anilines is 1. The summed E-state index contributed by atoms with van der Waals surface area (Å²) in [6, 6.07) is 4.21. The van der Waals surface area contributed by atoms with Crippen molar-refractivity contribution in [3.8, 4) is 0 Å². The fourth-order valence-corrected chi connectivity index (χ4v) is 5.46. The molecule has 0 unspecified atom stereocenters. The molecule has 2 heterocycles. The molecule has 0 spiro atoms. The number of carbonyl (C=O) groups excluding carboxylic acids is 1. The topological polar surface area (TPSA) is 111 Å². The van der Waals surface area contributed by atoms with Crippen LogP contribution in [0.1, 0.15) is 82.0 Å². The number of thioether (sulfide) groups is 1. The molecular formula is C25H39N3O5S. The SMILES string of the molecule is CC(=O)O.CCCSc1nc(N2CCC[C@H](CC(=O)O)C2)ccc1C(=O)N(C)C1CCCCC1. The highest BCUT2D eigenvalue weighted by atomic mass is 32.2. The third-order valence-corrected chi connectivity index (χ3v) is 7.46. The maximum atomic E-state index is 13.3. The monoisotopic (exact) mass is 493 g/mol. The van der Waals surface area contributed by atoms with E-state index >= 15 is 0 Å². The van der Waals surface area contributed by atoms with E-state index in [1.165, 1.54) is 19.3 Å². The van der Waals surface area contributed by atoms with Gasteiger partial charge in [-0.25, -0.2) is 4.98 Å². The van der Waals surface area contributed by atoms with Gasteiger partial charge in [-0.1, -0.05) is 26.2 Å². The summed E-state index contributed by atoms with van der Waals surface area (Å²) in [5.74, 6) is 0.442. The van der Waals surface area contributed by atoms with Crippen LogP contribution in [0.2, 0.25) is 0 Å². The molecule has 1 aliphatic heterocycles. The van der Waals surface area contributed by atoms with Crippen LogP contribution in [0.4, 0.5) is 5.82 Å². The molecule has 1 saturated carbocycles. The molecule has 1 aliphatic carbocycles. The quantitative estimate of drug-likeness (QED) is 0.498. The van der Waals surface area contributed by atoms with Crippen LogP contribution in [0.25, 0.3) is 0 Å². The van der Waals surface area contributed by atoms with Gasteiger partial charge in [-0.3, -0.25) is 14.4 Å². The molecular weight excluding hydrogens is 454 g/mol. The Labute approximate surface area is 207 Å². The molecule has 1 saturated heterocycles. The highest BCUT2D eigenvalue weighted by Gasteiger charge is 2.27. The number of pyridine rings is 1. The summed E-state index contributed by atoms with van der Waals surface area (Å²) >= 11 is 1.65. The minimum absolute atomic E-state index is 0.0713. The molecule has 1 aromatic rings. The Morgan fingerprint density at radius 1 is 1.12 bits per heavy atom. The Bertz CT molecular complexity index is 825. The summed E-state index contributed by atoms with van der Waals surface area (Å²) < 4.78 is 0. The molecule has 9 heteroatoms. The molecule has 3 rings (SSSR count). The number of carbonyl (C=O) groups is 3. The first-order valence-corrected chi connectivity index (χ1v) is 13.3. The molecule has 2 N–H and O–H groups in total. The Balaban J connectivity index is 0.000000945. The first-order valence-electron chi connectivity index (χ1n) is 12.3. The molecule has 2 aliphatic rings. The number of nitrogens with zero attached hydrogens (tertiary/aromatic N) is 3. The summed E-state index contributed by atoms with van der Waals surface area (Å²) in [5, 5.41) is 17.4. The summed E-state index contributed by atoms with van der Waals surface area (Å²) in [6.07, 6.45) is 8.99. The van der Waals surface area contributed by atoms with E-state index in [9.17, 15) is 9.59 Å². The van der Waals surface area contributed by atoms with Crippen LogP contribution in [0, 0.1) is 5.92 Å². The zero-order valence-electron chi connectivity index (χ0n) is 20.7. The van der Waals surface area contributed by atoms with Gasteiger partial charge in [0.1, 0.15) is 10.8 Å². The molecule has 2 fully saturated rings. The highest BCUT2D eigenvalue weighted by molar-refractivity contribution is 7.99. The molecule has 8 nitrogen and oxygen atoms in total. The number of carboxylic acids is 2. The van der Waals surface area contributed by atoms with Gasteiger partial charge in [-0.2, -0.15) is 0 Å². The van der Waals surface area contributed by atoms with Crippen LogP contribution in [0.3, 0.4) is 0 Å². The number of rotatable bonds is 8. The number of amides is 1. The van der Waals surface area contributed by atoms with Gasteiger partial charge in [-0.05, 0) is 55.9 Å². The van der Waals surface area contributed by atoms with Crippen molar-refractivity contribution in [2.75, 3.05) is 30.8 Å². The summed E-state index contributed by atoms with van der Waals surface area (Å²) in [7, 11) is 1.93. The molecule has 190 valence electrons. The van der Waals surface area contributed by atoms with E-state index in [-0.39, 0.29) is 18.2 Å². The van der Waals surface area contributed by atoms with E-state index in [0.29, 0.717) is 18.2 Å². The largest absolute Gasteiger partial charge is 0.481 e. The second-order valence-corrected chi connectivity index (χ2v) is 10.2. The van der Waals surface area contributed by atoms with Gasteiger partial charge in [0.25, 0.3) is 11.9 Å². The zero-order valence-corrected chi connectivity index (χ0v) is 21.5. The van der Waals surface area contributed by atoms with Crippen LogP contribution in [-0.2, 0) is 9.59 Å². The predicted octanol–water partition coefficient (Wildman–Crippen LogP) is 4.77. The molecule has 0 radical (unpaired) electrons. The normalized spacial score (nSPS) is 18.6. The highest BCUT2D eigenvalue weighted by Crippen LogP contribution is 2.30. The van der Waals surface area contributed by atoms with E-state index in [4.69, 9.17) is 20.0 Å². The van der Waals surface area contributed by atoms with Gasteiger partial charge in [-0.15, -0.1) is 11.8 Å². The van der Waals surface area contributed by atoms with Gasteiger partial charge in [0.05, 0.1) is 5.56 Å². The molecule has 1 amide bonds. The van der Waals surface area contributed by atoms with Crippen molar-refractivity contribution in [2.24, 2.45) is 5.92 Å². The van der Waals surface area contributed by atoms with Crippen molar-refractivity contribution >= 4 is 35.4 Å². The van der Waals surface area contributed by atoms with Gasteiger partial charge in [0.15, 0.2) is 0 Å². The third kappa shape index (κ3) is 8.81. The first kappa shape index (κ1) is 28.0. The van der Waals surface area contributed by atoms with Gasteiger partial charge < -0.3 is 20.0 Å². The lowest BCUT2D eigenvalue weighted by molar-refractivity contribution is -0.138. The Hall–Kier alpha value is -2.29. The minimum atomic E-state index is -0.833. The van der Waals surface area contributed by atoms with Crippen LogP contribution in [-0.4, -0.2) is 69.9 Å². The lowest BCUT2D eigenvalue weighted by atomic mass is 9.94. The molecule has 1 aromatic heterocycles. The van der Waals surface area contributed by atoms with Crippen molar-refractivity contribution in [3.63, 3.8) is 0 Å². The zero-order chi connectivity index (χ0) is 25.1. The Morgan fingerprint density at radius 2 is 1.79 bits per heavy atom. The first-order chi connectivity index (χ1) is 16.2. The second-order valence-electron chi connectivity index (χ2n) is 9.15. The number of piperidine rings is 1. The van der Waals surface area contributed by atoms with Gasteiger partial charge >= 0.3 is 5.97 Å². The second kappa shape index (κ2) is 14.2. The number of hydrogen-bond acceptors (Lipinski definition) is 6. The lowest BCUT2D eigenvalue weighted by Gasteiger charge is -2.34. The summed E-state index contributed by atoms with van der Waals surface area (Å²) in [5.41, 5.74) is 0.698. The van der Waals surface area contributed by atoms with E-state index in [0.717, 1.165) is 62.2 Å². The van der Waals surface area contributed by atoms with Crippen molar-refractivity contribution < 1.29 is 24.6 Å². The van der Waals surface area contributed by atoms with Gasteiger partial charge in [0.2, 0.25) is 0 Å².